The molecule has 104 valence electrons. The van der Waals surface area contributed by atoms with Gasteiger partial charge in [0.15, 0.2) is 5.84 Å². The van der Waals surface area contributed by atoms with E-state index in [1.807, 2.05) is 0 Å². The second-order valence-corrected chi connectivity index (χ2v) is 5.01. The molecule has 4 nitrogen and oxygen atoms in total. The van der Waals surface area contributed by atoms with E-state index in [4.69, 9.17) is 10.9 Å². The van der Waals surface area contributed by atoms with Crippen molar-refractivity contribution < 1.29 is 9.60 Å². The molecule has 1 fully saturated rings. The minimum atomic E-state index is -0.326. The van der Waals surface area contributed by atoms with Gasteiger partial charge in [0.1, 0.15) is 5.82 Å². The largest absolute Gasteiger partial charge is 0.409 e. The zero-order valence-corrected chi connectivity index (χ0v) is 10.9. The van der Waals surface area contributed by atoms with Crippen molar-refractivity contribution in [3.05, 3.63) is 35.1 Å². The number of amidine groups is 1. The lowest BCUT2D eigenvalue weighted by Gasteiger charge is -2.23. The third kappa shape index (κ3) is 3.67. The number of hydrogen-bond donors (Lipinski definition) is 3. The Morgan fingerprint density at radius 2 is 2.11 bits per heavy atom. The molecule has 1 aliphatic carbocycles. The van der Waals surface area contributed by atoms with Gasteiger partial charge in [-0.1, -0.05) is 36.6 Å². The second kappa shape index (κ2) is 6.52. The molecular formula is C14H20FN3O. The first-order valence-corrected chi connectivity index (χ1v) is 6.70. The molecule has 0 aromatic heterocycles. The molecule has 0 amide bonds. The van der Waals surface area contributed by atoms with Crippen LogP contribution >= 0.6 is 0 Å². The van der Waals surface area contributed by atoms with E-state index < -0.39 is 0 Å². The molecule has 0 spiro atoms. The van der Waals surface area contributed by atoms with Gasteiger partial charge in [0, 0.05) is 23.7 Å². The van der Waals surface area contributed by atoms with E-state index in [1.54, 1.807) is 12.1 Å². The minimum absolute atomic E-state index is 0.0781. The van der Waals surface area contributed by atoms with Crippen LogP contribution in [0.15, 0.2) is 23.4 Å². The van der Waals surface area contributed by atoms with Crippen molar-refractivity contribution in [2.24, 2.45) is 10.9 Å². The molecule has 1 aromatic carbocycles. The third-order valence-corrected chi connectivity index (χ3v) is 3.64. The molecule has 2 rings (SSSR count). The number of oxime groups is 1. The Morgan fingerprint density at radius 1 is 1.37 bits per heavy atom. The molecule has 4 N–H and O–H groups in total. The van der Waals surface area contributed by atoms with E-state index in [-0.39, 0.29) is 11.7 Å². The molecular weight excluding hydrogens is 245 g/mol. The highest BCUT2D eigenvalue weighted by Gasteiger charge is 2.13. The van der Waals surface area contributed by atoms with Gasteiger partial charge >= 0.3 is 0 Å². The molecule has 0 heterocycles. The summed E-state index contributed by atoms with van der Waals surface area (Å²) < 4.78 is 13.9. The van der Waals surface area contributed by atoms with Crippen LogP contribution < -0.4 is 11.1 Å². The molecule has 0 bridgehead atoms. The van der Waals surface area contributed by atoms with Crippen LogP contribution in [0.3, 0.4) is 0 Å². The summed E-state index contributed by atoms with van der Waals surface area (Å²) in [5.74, 6) is -0.405. The average molecular weight is 265 g/mol. The molecule has 1 aromatic rings. The van der Waals surface area contributed by atoms with E-state index in [0.717, 1.165) is 0 Å². The Kier molecular flexibility index (Phi) is 4.74. The van der Waals surface area contributed by atoms with Crippen LogP contribution in [0.2, 0.25) is 0 Å². The first kappa shape index (κ1) is 13.8. The smallest absolute Gasteiger partial charge is 0.170 e. The van der Waals surface area contributed by atoms with Crippen LogP contribution in [0, 0.1) is 5.82 Å². The molecule has 0 unspecified atom stereocenters. The molecule has 0 saturated heterocycles. The molecule has 1 aliphatic rings. The highest BCUT2D eigenvalue weighted by Crippen LogP contribution is 2.18. The normalized spacial score (nSPS) is 17.6. The van der Waals surface area contributed by atoms with Crippen molar-refractivity contribution in [2.45, 2.75) is 44.7 Å². The summed E-state index contributed by atoms with van der Waals surface area (Å²) in [5.41, 5.74) is 6.42. The van der Waals surface area contributed by atoms with Crippen molar-refractivity contribution in [3.63, 3.8) is 0 Å². The fourth-order valence-electron chi connectivity index (χ4n) is 2.47. The standard InChI is InChI=1S/C14H20FN3O/c15-13-8-10(14(16)18-19)6-7-11(13)9-17-12-4-2-1-3-5-12/h6-8,12,17,19H,1-5,9H2,(H2,16,18). The van der Waals surface area contributed by atoms with E-state index in [0.29, 0.717) is 23.7 Å². The fourth-order valence-corrected chi connectivity index (χ4v) is 2.47. The van der Waals surface area contributed by atoms with Crippen molar-refractivity contribution in [3.8, 4) is 0 Å². The van der Waals surface area contributed by atoms with Crippen LogP contribution in [-0.4, -0.2) is 17.1 Å². The molecule has 0 atom stereocenters. The van der Waals surface area contributed by atoms with Crippen molar-refractivity contribution in [2.75, 3.05) is 0 Å². The van der Waals surface area contributed by atoms with Gasteiger partial charge in [0.05, 0.1) is 0 Å². The predicted molar refractivity (Wildman–Crippen MR) is 72.6 cm³/mol. The van der Waals surface area contributed by atoms with Crippen LogP contribution in [0.5, 0.6) is 0 Å². The van der Waals surface area contributed by atoms with E-state index >= 15 is 0 Å². The van der Waals surface area contributed by atoms with Crippen LogP contribution in [0.4, 0.5) is 4.39 Å². The van der Waals surface area contributed by atoms with Gasteiger partial charge in [-0.2, -0.15) is 0 Å². The number of nitrogens with zero attached hydrogens (tertiary/aromatic N) is 1. The lowest BCUT2D eigenvalue weighted by atomic mass is 9.95. The Hall–Kier alpha value is -1.62. The van der Waals surface area contributed by atoms with Crippen molar-refractivity contribution in [1.29, 1.82) is 0 Å². The third-order valence-electron chi connectivity index (χ3n) is 3.64. The topological polar surface area (TPSA) is 70.6 Å². The molecule has 0 aliphatic heterocycles. The van der Waals surface area contributed by atoms with Gasteiger partial charge in [-0.25, -0.2) is 4.39 Å². The van der Waals surface area contributed by atoms with Crippen molar-refractivity contribution >= 4 is 5.84 Å². The number of halogens is 1. The van der Waals surface area contributed by atoms with Gasteiger partial charge in [-0.15, -0.1) is 0 Å². The zero-order chi connectivity index (χ0) is 13.7. The summed E-state index contributed by atoms with van der Waals surface area (Å²) >= 11 is 0. The SMILES string of the molecule is NC(=NO)c1ccc(CNC2CCCCC2)c(F)c1. The van der Waals surface area contributed by atoms with E-state index in [1.165, 1.54) is 38.2 Å². The van der Waals surface area contributed by atoms with Crippen LogP contribution in [-0.2, 0) is 6.54 Å². The first-order chi connectivity index (χ1) is 9.20. The highest BCUT2D eigenvalue weighted by molar-refractivity contribution is 5.97. The molecule has 1 saturated carbocycles. The maximum Gasteiger partial charge on any atom is 0.170 e. The van der Waals surface area contributed by atoms with E-state index in [9.17, 15) is 4.39 Å². The average Bonchev–Trinajstić information content (AvgIpc) is 2.46. The minimum Gasteiger partial charge on any atom is -0.409 e. The molecule has 19 heavy (non-hydrogen) atoms. The van der Waals surface area contributed by atoms with Crippen LogP contribution in [0.25, 0.3) is 0 Å². The summed E-state index contributed by atoms with van der Waals surface area (Å²) in [6.45, 7) is 0.521. The quantitative estimate of drug-likeness (QED) is 0.339. The van der Waals surface area contributed by atoms with Crippen molar-refractivity contribution in [1.82, 2.24) is 5.32 Å². The van der Waals surface area contributed by atoms with Gasteiger partial charge in [-0.3, -0.25) is 0 Å². The summed E-state index contributed by atoms with van der Waals surface area (Å²) in [6, 6.07) is 5.14. The van der Waals surface area contributed by atoms with Gasteiger partial charge in [-0.05, 0) is 18.9 Å². The lowest BCUT2D eigenvalue weighted by molar-refractivity contribution is 0.318. The summed E-state index contributed by atoms with van der Waals surface area (Å²) in [4.78, 5) is 0. The maximum atomic E-state index is 13.9. The number of nitrogens with one attached hydrogen (secondary N) is 1. The summed E-state index contributed by atoms with van der Waals surface area (Å²) in [5, 5.41) is 14.8. The molecule has 0 radical (unpaired) electrons. The fraction of sp³-hybridized carbons (Fsp3) is 0.500. The summed E-state index contributed by atoms with van der Waals surface area (Å²) in [7, 11) is 0. The highest BCUT2D eigenvalue weighted by atomic mass is 19.1. The Balaban J connectivity index is 1.97. The first-order valence-electron chi connectivity index (χ1n) is 6.70. The number of rotatable bonds is 4. The van der Waals surface area contributed by atoms with Gasteiger partial charge < -0.3 is 16.3 Å². The maximum absolute atomic E-state index is 13.9. The van der Waals surface area contributed by atoms with E-state index in [2.05, 4.69) is 10.5 Å². The Bertz CT molecular complexity index is 456. The van der Waals surface area contributed by atoms with Gasteiger partial charge in [0.25, 0.3) is 0 Å². The monoisotopic (exact) mass is 265 g/mol. The lowest BCUT2D eigenvalue weighted by Crippen LogP contribution is -2.30. The zero-order valence-electron chi connectivity index (χ0n) is 10.9. The predicted octanol–water partition coefficient (Wildman–Crippen LogP) is 2.34. The number of nitrogens with two attached hydrogens (primary N) is 1. The number of hydrogen-bond acceptors (Lipinski definition) is 3. The molecule has 5 heteroatoms. The second-order valence-electron chi connectivity index (χ2n) is 5.01. The van der Waals surface area contributed by atoms with Gasteiger partial charge in [0.2, 0.25) is 0 Å². The Labute approximate surface area is 112 Å². The van der Waals surface area contributed by atoms with Crippen LogP contribution in [0.1, 0.15) is 43.2 Å². The Morgan fingerprint density at radius 3 is 2.74 bits per heavy atom. The number of benzene rings is 1. The summed E-state index contributed by atoms with van der Waals surface area (Å²) in [6.07, 6.45) is 6.15.